The molecule has 1 saturated carbocycles. The van der Waals surface area contributed by atoms with Crippen LogP contribution in [0.3, 0.4) is 0 Å². The monoisotopic (exact) mass is 390 g/mol. The van der Waals surface area contributed by atoms with Crippen molar-refractivity contribution in [3.05, 3.63) is 35.1 Å². The molecule has 5 atom stereocenters. The van der Waals surface area contributed by atoms with E-state index in [0.29, 0.717) is 12.8 Å². The highest BCUT2D eigenvalue weighted by Crippen LogP contribution is 2.61. The normalized spacial score (nSPS) is 38.4. The number of allylic oxidation sites excluding steroid dienone is 3. The highest BCUT2D eigenvalue weighted by atomic mass is 16.5. The number of ether oxygens (including phenoxy) is 1. The van der Waals surface area contributed by atoms with Crippen molar-refractivity contribution in [1.29, 1.82) is 0 Å². The molecule has 0 aromatic heterocycles. The molecule has 0 aromatic carbocycles. The lowest BCUT2D eigenvalue weighted by molar-refractivity contribution is -0.154. The summed E-state index contributed by atoms with van der Waals surface area (Å²) in [5, 5.41) is 32.4. The third kappa shape index (κ3) is 2.73. The number of fused-ring (bicyclic) bond motifs is 2. The van der Waals surface area contributed by atoms with Crippen LogP contribution in [0.25, 0.3) is 0 Å². The Balaban J connectivity index is 2.32. The molecule has 0 spiro atoms. The lowest BCUT2D eigenvalue weighted by Gasteiger charge is -2.58. The molecule has 6 nitrogen and oxygen atoms in total. The molecule has 0 radical (unpaired) electrons. The third-order valence-electron chi connectivity index (χ3n) is 6.96. The van der Waals surface area contributed by atoms with E-state index >= 15 is 0 Å². The predicted molar refractivity (Wildman–Crippen MR) is 104 cm³/mol. The van der Waals surface area contributed by atoms with Gasteiger partial charge < -0.3 is 20.1 Å². The first-order valence-electron chi connectivity index (χ1n) is 9.95. The summed E-state index contributed by atoms with van der Waals surface area (Å²) in [7, 11) is 0. The first kappa shape index (κ1) is 21.0. The molecular weight excluding hydrogens is 360 g/mol. The average Bonchev–Trinajstić information content (AvgIpc) is 2.65. The average molecular weight is 390 g/mol. The maximum absolute atomic E-state index is 13.2. The van der Waals surface area contributed by atoms with Crippen molar-refractivity contribution in [2.24, 2.45) is 16.7 Å². The number of rotatable bonds is 5. The second-order valence-electron chi connectivity index (χ2n) is 8.69. The van der Waals surface area contributed by atoms with Crippen molar-refractivity contribution >= 4 is 11.6 Å². The maximum Gasteiger partial charge on any atom is 0.233 e. The predicted octanol–water partition coefficient (Wildman–Crippen LogP) is 2.41. The molecule has 0 bridgehead atoms. The van der Waals surface area contributed by atoms with Crippen LogP contribution in [-0.2, 0) is 14.3 Å². The molecule has 0 unspecified atom stereocenters. The van der Waals surface area contributed by atoms with Gasteiger partial charge in [0.05, 0.1) is 6.10 Å². The van der Waals surface area contributed by atoms with Gasteiger partial charge in [-0.3, -0.25) is 9.59 Å². The SMILES string of the molecule is C=CCC1=C(O)C2=C(C(=O)C1=O)[C@@]1(C)CCC[C@](C)(CO)[C@H]1[C@H](O)[C@H]2OCC. The van der Waals surface area contributed by atoms with Crippen LogP contribution < -0.4 is 0 Å². The maximum atomic E-state index is 13.2. The molecule has 3 rings (SSSR count). The first-order chi connectivity index (χ1) is 13.2. The zero-order valence-electron chi connectivity index (χ0n) is 16.8. The van der Waals surface area contributed by atoms with E-state index in [2.05, 4.69) is 6.58 Å². The number of aliphatic hydroxyl groups excluding tert-OH is 3. The van der Waals surface area contributed by atoms with Crippen molar-refractivity contribution in [2.45, 2.75) is 58.7 Å². The summed E-state index contributed by atoms with van der Waals surface area (Å²) >= 11 is 0. The number of hydrogen-bond acceptors (Lipinski definition) is 6. The summed E-state index contributed by atoms with van der Waals surface area (Å²) in [5.41, 5.74) is -0.978. The molecule has 154 valence electrons. The van der Waals surface area contributed by atoms with Gasteiger partial charge in [-0.2, -0.15) is 0 Å². The van der Waals surface area contributed by atoms with Crippen LogP contribution in [0.2, 0.25) is 0 Å². The van der Waals surface area contributed by atoms with Gasteiger partial charge >= 0.3 is 0 Å². The van der Waals surface area contributed by atoms with Gasteiger partial charge in [0, 0.05) is 41.3 Å². The Morgan fingerprint density at radius 1 is 1.25 bits per heavy atom. The van der Waals surface area contributed by atoms with Crippen molar-refractivity contribution in [1.82, 2.24) is 0 Å². The Bertz CT molecular complexity index is 778. The zero-order chi connectivity index (χ0) is 20.9. The number of carbonyl (C=O) groups excluding carboxylic acids is 2. The quantitative estimate of drug-likeness (QED) is 0.378. The van der Waals surface area contributed by atoms with Gasteiger partial charge in [-0.15, -0.1) is 6.58 Å². The third-order valence-corrected chi connectivity index (χ3v) is 6.96. The van der Waals surface area contributed by atoms with E-state index in [4.69, 9.17) is 4.74 Å². The van der Waals surface area contributed by atoms with Gasteiger partial charge in [0.15, 0.2) is 0 Å². The van der Waals surface area contributed by atoms with Crippen molar-refractivity contribution in [3.63, 3.8) is 0 Å². The second-order valence-corrected chi connectivity index (χ2v) is 8.69. The van der Waals surface area contributed by atoms with E-state index in [1.165, 1.54) is 6.08 Å². The highest BCUT2D eigenvalue weighted by Gasteiger charge is 2.62. The Labute approximate surface area is 165 Å². The number of hydrogen-bond donors (Lipinski definition) is 3. The van der Waals surface area contributed by atoms with E-state index in [9.17, 15) is 24.9 Å². The van der Waals surface area contributed by atoms with Crippen LogP contribution in [0, 0.1) is 16.7 Å². The van der Waals surface area contributed by atoms with Crippen LogP contribution in [0.15, 0.2) is 35.1 Å². The fraction of sp³-hybridized carbons (Fsp3) is 0.636. The Hall–Kier alpha value is -1.76. The fourth-order valence-electron chi connectivity index (χ4n) is 5.83. The highest BCUT2D eigenvalue weighted by molar-refractivity contribution is 6.50. The molecule has 28 heavy (non-hydrogen) atoms. The van der Waals surface area contributed by atoms with E-state index < -0.39 is 40.5 Å². The summed E-state index contributed by atoms with van der Waals surface area (Å²) in [6, 6.07) is 0. The Morgan fingerprint density at radius 2 is 1.93 bits per heavy atom. The molecule has 0 aromatic rings. The number of carbonyl (C=O) groups is 2. The summed E-state index contributed by atoms with van der Waals surface area (Å²) in [6.45, 7) is 9.26. The van der Waals surface area contributed by atoms with Gasteiger partial charge in [0.25, 0.3) is 0 Å². The molecule has 0 aliphatic heterocycles. The smallest absolute Gasteiger partial charge is 0.233 e. The molecule has 0 saturated heterocycles. The van der Waals surface area contributed by atoms with Crippen LogP contribution in [-0.4, -0.2) is 52.3 Å². The Morgan fingerprint density at radius 3 is 2.50 bits per heavy atom. The molecular formula is C22H30O6. The molecule has 0 amide bonds. The number of Topliss-reactive ketones (excluding diaryl/α,β-unsaturated/α-hetero) is 2. The van der Waals surface area contributed by atoms with Crippen molar-refractivity contribution in [3.8, 4) is 0 Å². The summed E-state index contributed by atoms with van der Waals surface area (Å²) < 4.78 is 5.80. The van der Waals surface area contributed by atoms with E-state index in [1.807, 2.05) is 13.8 Å². The summed E-state index contributed by atoms with van der Waals surface area (Å²) in [4.78, 5) is 26.0. The summed E-state index contributed by atoms with van der Waals surface area (Å²) in [5.74, 6) is -2.11. The Kier molecular flexibility index (Phi) is 5.42. The minimum absolute atomic E-state index is 0.00145. The molecule has 3 aliphatic rings. The lowest BCUT2D eigenvalue weighted by Crippen LogP contribution is -2.61. The molecule has 6 heteroatoms. The number of aliphatic hydroxyl groups is 3. The van der Waals surface area contributed by atoms with Crippen molar-refractivity contribution < 1.29 is 29.6 Å². The van der Waals surface area contributed by atoms with E-state index in [0.717, 1.165) is 6.42 Å². The molecule has 3 N–H and O–H groups in total. The van der Waals surface area contributed by atoms with Gasteiger partial charge in [-0.05, 0) is 31.6 Å². The molecule has 0 heterocycles. The van der Waals surface area contributed by atoms with Gasteiger partial charge in [-0.1, -0.05) is 26.3 Å². The lowest BCUT2D eigenvalue weighted by atomic mass is 9.47. The van der Waals surface area contributed by atoms with Gasteiger partial charge in [0.2, 0.25) is 11.6 Å². The van der Waals surface area contributed by atoms with Crippen LogP contribution in [0.4, 0.5) is 0 Å². The molecule has 3 aliphatic carbocycles. The topological polar surface area (TPSA) is 104 Å². The van der Waals surface area contributed by atoms with E-state index in [-0.39, 0.29) is 42.1 Å². The standard InChI is InChI=1S/C22H30O6/c1-5-8-12-15(24)13-14(17(26)16(12)25)22(4)10-7-9-21(3,11-23)20(22)18(27)19(13)28-6-2/h5,18-20,23-24,27H,1,6-11H2,2-4H3/t18-,19+,20-,21-,22-/m1/s1. The zero-order valence-corrected chi connectivity index (χ0v) is 16.8. The van der Waals surface area contributed by atoms with Crippen LogP contribution in [0.1, 0.15) is 46.5 Å². The first-order valence-corrected chi connectivity index (χ1v) is 9.95. The summed E-state index contributed by atoms with van der Waals surface area (Å²) in [6.07, 6.45) is 1.62. The minimum Gasteiger partial charge on any atom is -0.507 e. The van der Waals surface area contributed by atoms with Gasteiger partial charge in [-0.25, -0.2) is 0 Å². The van der Waals surface area contributed by atoms with Crippen molar-refractivity contribution in [2.75, 3.05) is 13.2 Å². The molecule has 1 fully saturated rings. The van der Waals surface area contributed by atoms with Crippen LogP contribution in [0.5, 0.6) is 0 Å². The minimum atomic E-state index is -1.02. The van der Waals surface area contributed by atoms with Crippen LogP contribution >= 0.6 is 0 Å². The number of ketones is 2. The largest absolute Gasteiger partial charge is 0.507 e. The van der Waals surface area contributed by atoms with Gasteiger partial charge in [0.1, 0.15) is 11.9 Å². The van der Waals surface area contributed by atoms with E-state index in [1.54, 1.807) is 6.92 Å². The second kappa shape index (κ2) is 7.25. The fourth-order valence-corrected chi connectivity index (χ4v) is 5.83.